The van der Waals surface area contributed by atoms with Crippen molar-refractivity contribution in [3.05, 3.63) is 85.4 Å². The highest BCUT2D eigenvalue weighted by Gasteiger charge is 2.38. The largest absolute Gasteiger partial charge is 0.492 e. The second-order valence-corrected chi connectivity index (χ2v) is 8.01. The van der Waals surface area contributed by atoms with E-state index in [2.05, 4.69) is 22.0 Å². The molecule has 1 aromatic carbocycles. The lowest BCUT2D eigenvalue weighted by molar-refractivity contribution is 0.0953. The quantitative estimate of drug-likeness (QED) is 0.332. The fraction of sp³-hybridized carbons (Fsp3) is 0.231. The Morgan fingerprint density at radius 1 is 1.30 bits per heavy atom. The standard InChI is InChI=1S/C26H18N4O3/c1-26(2)21(20(13-27)24(33-26)22(14-28)29-3)8-7-17-10-18-11-19-15-30-9-5-4-6-16(19)12-23(18)32-25(17)31/h7-8,10-12,30H,5,9,15H2,1-2H3/b8-7+,24-22-. The number of nitrogens with one attached hydrogen (secondary N) is 1. The second-order valence-electron chi connectivity index (χ2n) is 8.01. The number of hydrogen-bond acceptors (Lipinski definition) is 6. The molecule has 0 spiro atoms. The number of rotatable bonds is 2. The Morgan fingerprint density at radius 3 is 2.85 bits per heavy atom. The number of allylic oxidation sites excluding steroid dienone is 2. The van der Waals surface area contributed by atoms with Crippen molar-refractivity contribution >= 4 is 17.0 Å². The molecule has 1 aromatic heterocycles. The van der Waals surface area contributed by atoms with E-state index in [4.69, 9.17) is 15.7 Å². The van der Waals surface area contributed by atoms with Gasteiger partial charge in [0.05, 0.1) is 23.8 Å². The van der Waals surface area contributed by atoms with Crippen molar-refractivity contribution in [3.8, 4) is 24.0 Å². The highest BCUT2D eigenvalue weighted by molar-refractivity contribution is 5.82. The summed E-state index contributed by atoms with van der Waals surface area (Å²) in [5, 5.41) is 23.0. The van der Waals surface area contributed by atoms with Crippen molar-refractivity contribution in [2.45, 2.75) is 32.4 Å². The van der Waals surface area contributed by atoms with E-state index in [9.17, 15) is 15.3 Å². The van der Waals surface area contributed by atoms with Gasteiger partial charge in [-0.05, 0) is 43.7 Å². The maximum atomic E-state index is 12.6. The van der Waals surface area contributed by atoms with Crippen LogP contribution in [0, 0.1) is 41.1 Å². The van der Waals surface area contributed by atoms with Gasteiger partial charge in [0.15, 0.2) is 5.76 Å². The maximum absolute atomic E-state index is 12.6. The molecule has 0 amide bonds. The van der Waals surface area contributed by atoms with Gasteiger partial charge in [-0.1, -0.05) is 17.9 Å². The number of nitriles is 2. The normalized spacial score (nSPS) is 18.2. The first-order valence-electron chi connectivity index (χ1n) is 10.2. The van der Waals surface area contributed by atoms with E-state index in [-0.39, 0.29) is 17.0 Å². The third-order valence-electron chi connectivity index (χ3n) is 5.43. The van der Waals surface area contributed by atoms with Crippen LogP contribution in [0.3, 0.4) is 0 Å². The van der Waals surface area contributed by atoms with Crippen LogP contribution in [0.5, 0.6) is 0 Å². The van der Waals surface area contributed by atoms with Crippen LogP contribution in [-0.2, 0) is 11.3 Å². The number of fused-ring (bicyclic) bond motifs is 2. The van der Waals surface area contributed by atoms with Gasteiger partial charge in [0, 0.05) is 36.0 Å². The van der Waals surface area contributed by atoms with Crippen LogP contribution in [0.1, 0.15) is 37.0 Å². The molecule has 7 nitrogen and oxygen atoms in total. The van der Waals surface area contributed by atoms with Crippen LogP contribution >= 0.6 is 0 Å². The van der Waals surface area contributed by atoms with Crippen molar-refractivity contribution < 1.29 is 9.15 Å². The van der Waals surface area contributed by atoms with E-state index in [0.717, 1.165) is 29.5 Å². The molecule has 0 saturated carbocycles. The molecule has 0 aliphatic carbocycles. The first-order chi connectivity index (χ1) is 15.9. The zero-order chi connectivity index (χ0) is 23.6. The molecule has 160 valence electrons. The molecule has 0 unspecified atom stereocenters. The van der Waals surface area contributed by atoms with E-state index in [1.807, 2.05) is 12.1 Å². The molecule has 0 bridgehead atoms. The molecule has 2 aliphatic rings. The summed E-state index contributed by atoms with van der Waals surface area (Å²) in [6, 6.07) is 9.26. The summed E-state index contributed by atoms with van der Waals surface area (Å²) in [5.74, 6) is 6.18. The average molecular weight is 434 g/mol. The Hall–Kier alpha value is -4.56. The van der Waals surface area contributed by atoms with E-state index in [1.54, 1.807) is 44.2 Å². The van der Waals surface area contributed by atoms with Crippen molar-refractivity contribution in [1.82, 2.24) is 5.32 Å². The molecule has 2 aromatic rings. The zero-order valence-electron chi connectivity index (χ0n) is 18.1. The molecule has 33 heavy (non-hydrogen) atoms. The van der Waals surface area contributed by atoms with Gasteiger partial charge < -0.3 is 14.5 Å². The van der Waals surface area contributed by atoms with Gasteiger partial charge in [0.2, 0.25) is 0 Å². The Bertz CT molecular complexity index is 1500. The SMILES string of the molecule is [C-]#[N+]/C(C#N)=C1\OC(C)(C)C(/C=C/c2cc3cc4c(cc3oc2=O)C#CCCNC4)=C1C#N. The highest BCUT2D eigenvalue weighted by Crippen LogP contribution is 2.40. The summed E-state index contributed by atoms with van der Waals surface area (Å²) in [4.78, 5) is 15.8. The Balaban J connectivity index is 1.81. The predicted molar refractivity (Wildman–Crippen MR) is 122 cm³/mol. The molecule has 0 fully saturated rings. The minimum Gasteiger partial charge on any atom is -0.492 e. The van der Waals surface area contributed by atoms with Gasteiger partial charge in [-0.25, -0.2) is 14.9 Å². The smallest absolute Gasteiger partial charge is 0.343 e. The van der Waals surface area contributed by atoms with Crippen molar-refractivity contribution in [3.63, 3.8) is 0 Å². The average Bonchev–Trinajstić information content (AvgIpc) is 3.03. The fourth-order valence-corrected chi connectivity index (χ4v) is 3.79. The molecule has 0 saturated heterocycles. The van der Waals surface area contributed by atoms with E-state index in [0.29, 0.717) is 23.3 Å². The second kappa shape index (κ2) is 8.52. The van der Waals surface area contributed by atoms with E-state index < -0.39 is 11.2 Å². The molecule has 7 heteroatoms. The minimum atomic E-state index is -0.957. The molecular weight excluding hydrogens is 416 g/mol. The molecular formula is C26H18N4O3. The third-order valence-corrected chi connectivity index (χ3v) is 5.43. The summed E-state index contributed by atoms with van der Waals surface area (Å²) in [7, 11) is 0. The molecule has 0 radical (unpaired) electrons. The third kappa shape index (κ3) is 4.02. The van der Waals surface area contributed by atoms with Crippen molar-refractivity contribution in [1.29, 1.82) is 10.5 Å². The first kappa shape index (κ1) is 21.7. The van der Waals surface area contributed by atoms with Crippen LogP contribution in [0.4, 0.5) is 0 Å². The van der Waals surface area contributed by atoms with Gasteiger partial charge in [0.25, 0.3) is 0 Å². The predicted octanol–water partition coefficient (Wildman–Crippen LogP) is 3.93. The summed E-state index contributed by atoms with van der Waals surface area (Å²) in [6.07, 6.45) is 3.92. The van der Waals surface area contributed by atoms with Crippen LogP contribution in [-0.4, -0.2) is 12.1 Å². The number of nitrogens with zero attached hydrogens (tertiary/aromatic N) is 3. The van der Waals surface area contributed by atoms with Crippen LogP contribution in [0.15, 0.2) is 56.1 Å². The van der Waals surface area contributed by atoms with Crippen molar-refractivity contribution in [2.24, 2.45) is 0 Å². The molecule has 0 atom stereocenters. The monoisotopic (exact) mass is 434 g/mol. The van der Waals surface area contributed by atoms with E-state index in [1.165, 1.54) is 0 Å². The zero-order valence-corrected chi connectivity index (χ0v) is 18.1. The minimum absolute atomic E-state index is 0.0441. The molecule has 3 heterocycles. The van der Waals surface area contributed by atoms with Crippen LogP contribution in [0.2, 0.25) is 0 Å². The highest BCUT2D eigenvalue weighted by atomic mass is 16.5. The summed E-state index contributed by atoms with van der Waals surface area (Å²) in [6.45, 7) is 12.1. The van der Waals surface area contributed by atoms with Gasteiger partial charge >= 0.3 is 11.3 Å². The number of hydrogen-bond donors (Lipinski definition) is 1. The molecule has 1 N–H and O–H groups in total. The van der Waals surface area contributed by atoms with Gasteiger partial charge in [-0.3, -0.25) is 0 Å². The summed E-state index contributed by atoms with van der Waals surface area (Å²) >= 11 is 0. The Kier molecular flexibility index (Phi) is 5.60. The Labute approximate surface area is 190 Å². The molecule has 4 rings (SSSR count). The fourth-order valence-electron chi connectivity index (χ4n) is 3.79. The van der Waals surface area contributed by atoms with Crippen molar-refractivity contribution in [2.75, 3.05) is 6.54 Å². The van der Waals surface area contributed by atoms with Gasteiger partial charge in [0.1, 0.15) is 17.3 Å². The van der Waals surface area contributed by atoms with Crippen LogP contribution < -0.4 is 10.9 Å². The van der Waals surface area contributed by atoms with Crippen LogP contribution in [0.25, 0.3) is 21.9 Å². The lowest BCUT2D eigenvalue weighted by Gasteiger charge is -2.20. The van der Waals surface area contributed by atoms with E-state index >= 15 is 0 Å². The lowest BCUT2D eigenvalue weighted by Crippen LogP contribution is -2.20. The van der Waals surface area contributed by atoms with Gasteiger partial charge in [-0.15, -0.1) is 0 Å². The summed E-state index contributed by atoms with van der Waals surface area (Å²) < 4.78 is 11.3. The number of benzene rings is 1. The Morgan fingerprint density at radius 2 is 2.12 bits per heavy atom. The molecule has 2 aliphatic heterocycles. The number of ether oxygens (including phenoxy) is 1. The summed E-state index contributed by atoms with van der Waals surface area (Å²) in [5.41, 5.74) is 1.40. The first-order valence-corrected chi connectivity index (χ1v) is 10.2. The van der Waals surface area contributed by atoms with Gasteiger partial charge in [-0.2, -0.15) is 5.26 Å². The topological polar surface area (TPSA) is 103 Å². The lowest BCUT2D eigenvalue weighted by atomic mass is 9.94. The maximum Gasteiger partial charge on any atom is 0.343 e.